The topological polar surface area (TPSA) is 41.9 Å². The van der Waals surface area contributed by atoms with Crippen LogP contribution in [0.2, 0.25) is 0 Å². The van der Waals surface area contributed by atoms with Gasteiger partial charge in [0.1, 0.15) is 0 Å². The second-order valence-corrected chi connectivity index (χ2v) is 6.14. The first-order valence-corrected chi connectivity index (χ1v) is 8.02. The quantitative estimate of drug-likeness (QED) is 0.928. The fourth-order valence-electron chi connectivity index (χ4n) is 3.95. The highest BCUT2D eigenvalue weighted by Gasteiger charge is 2.46. The molecule has 0 radical (unpaired) electrons. The van der Waals surface area contributed by atoms with Crippen LogP contribution in [0, 0.1) is 0 Å². The van der Waals surface area contributed by atoms with Gasteiger partial charge in [0.15, 0.2) is 11.5 Å². The van der Waals surface area contributed by atoms with Crippen molar-refractivity contribution in [3.8, 4) is 11.5 Å². The number of likely N-dealkylation sites (tertiary alicyclic amines) is 1. The van der Waals surface area contributed by atoms with Crippen LogP contribution in [0.1, 0.15) is 31.7 Å². The molecule has 0 bridgehead atoms. The van der Waals surface area contributed by atoms with E-state index in [0.717, 1.165) is 43.9 Å². The molecular weight excluding hydrogens is 278 g/mol. The summed E-state index contributed by atoms with van der Waals surface area (Å²) < 4.78 is 10.8. The minimum absolute atomic E-state index is 0.00872. The van der Waals surface area contributed by atoms with Gasteiger partial charge >= 0.3 is 0 Å². The van der Waals surface area contributed by atoms with Gasteiger partial charge < -0.3 is 19.5 Å². The SMILES string of the molecule is CCN1CC[C@]2(c3ccc(OC)c(OC)c3)CC[C@@H](O)C=C12. The predicted octanol–water partition coefficient (Wildman–Crippen LogP) is 2.71. The average molecular weight is 303 g/mol. The minimum atomic E-state index is -0.324. The lowest BCUT2D eigenvalue weighted by molar-refractivity contribution is 0.180. The Bertz CT molecular complexity index is 584. The first-order valence-electron chi connectivity index (χ1n) is 8.02. The maximum Gasteiger partial charge on any atom is 0.161 e. The van der Waals surface area contributed by atoms with E-state index in [-0.39, 0.29) is 11.5 Å². The number of likely N-dealkylation sites (N-methyl/N-ethyl adjacent to an activating group) is 1. The number of aliphatic hydroxyl groups is 1. The Balaban J connectivity index is 2.07. The molecule has 22 heavy (non-hydrogen) atoms. The summed E-state index contributed by atoms with van der Waals surface area (Å²) in [5.74, 6) is 1.53. The third-order valence-corrected chi connectivity index (χ3v) is 5.17. The highest BCUT2D eigenvalue weighted by Crippen LogP contribution is 2.50. The molecule has 3 rings (SSSR count). The van der Waals surface area contributed by atoms with Crippen LogP contribution >= 0.6 is 0 Å². The van der Waals surface area contributed by atoms with Crippen LogP contribution in [0.25, 0.3) is 0 Å². The number of nitrogens with zero attached hydrogens (tertiary/aromatic N) is 1. The molecule has 0 saturated carbocycles. The summed E-state index contributed by atoms with van der Waals surface area (Å²) in [7, 11) is 3.33. The van der Waals surface area contributed by atoms with Crippen molar-refractivity contribution in [3.63, 3.8) is 0 Å². The van der Waals surface area contributed by atoms with E-state index >= 15 is 0 Å². The molecule has 4 heteroatoms. The van der Waals surface area contributed by atoms with Gasteiger partial charge in [-0.25, -0.2) is 0 Å². The lowest BCUT2D eigenvalue weighted by Gasteiger charge is -2.38. The van der Waals surface area contributed by atoms with Gasteiger partial charge in [-0.05, 0) is 50.0 Å². The number of methoxy groups -OCH3 is 2. The molecular formula is C18H25NO3. The van der Waals surface area contributed by atoms with Crippen LogP contribution in [0.5, 0.6) is 11.5 Å². The molecule has 1 aromatic carbocycles. The molecule has 120 valence electrons. The first-order chi connectivity index (χ1) is 10.6. The minimum Gasteiger partial charge on any atom is -0.493 e. The summed E-state index contributed by atoms with van der Waals surface area (Å²) in [5, 5.41) is 10.1. The number of ether oxygens (including phenoxy) is 2. The van der Waals surface area contributed by atoms with Gasteiger partial charge in [0, 0.05) is 24.2 Å². The maximum atomic E-state index is 10.1. The average Bonchev–Trinajstić information content (AvgIpc) is 2.93. The van der Waals surface area contributed by atoms with Gasteiger partial charge in [-0.3, -0.25) is 0 Å². The van der Waals surface area contributed by atoms with Crippen molar-refractivity contribution in [2.45, 2.75) is 37.7 Å². The van der Waals surface area contributed by atoms with Crippen LogP contribution in [-0.2, 0) is 5.41 Å². The Labute approximate surface area is 132 Å². The largest absolute Gasteiger partial charge is 0.493 e. The Morgan fingerprint density at radius 1 is 1.23 bits per heavy atom. The molecule has 2 atom stereocenters. The summed E-state index contributed by atoms with van der Waals surface area (Å²) in [4.78, 5) is 2.39. The fourth-order valence-corrected chi connectivity index (χ4v) is 3.95. The molecule has 2 aliphatic rings. The van der Waals surface area contributed by atoms with E-state index in [4.69, 9.17) is 9.47 Å². The van der Waals surface area contributed by atoms with E-state index in [1.54, 1.807) is 14.2 Å². The monoisotopic (exact) mass is 303 g/mol. The molecule has 0 amide bonds. The lowest BCUT2D eigenvalue weighted by atomic mass is 9.70. The number of fused-ring (bicyclic) bond motifs is 1. The van der Waals surface area contributed by atoms with Crippen molar-refractivity contribution in [2.24, 2.45) is 0 Å². The van der Waals surface area contributed by atoms with E-state index in [1.807, 2.05) is 6.07 Å². The molecule has 1 fully saturated rings. The van der Waals surface area contributed by atoms with E-state index in [2.05, 4.69) is 30.0 Å². The first kappa shape index (κ1) is 15.2. The van der Waals surface area contributed by atoms with Gasteiger partial charge in [0.2, 0.25) is 0 Å². The van der Waals surface area contributed by atoms with Crippen molar-refractivity contribution in [1.82, 2.24) is 4.90 Å². The fraction of sp³-hybridized carbons (Fsp3) is 0.556. The second-order valence-electron chi connectivity index (χ2n) is 6.14. The number of hydrogen-bond donors (Lipinski definition) is 1. The molecule has 0 unspecified atom stereocenters. The summed E-state index contributed by atoms with van der Waals surface area (Å²) in [6, 6.07) is 6.23. The van der Waals surface area contributed by atoms with Gasteiger partial charge in [-0.15, -0.1) is 0 Å². The summed E-state index contributed by atoms with van der Waals surface area (Å²) >= 11 is 0. The highest BCUT2D eigenvalue weighted by molar-refractivity contribution is 5.49. The molecule has 0 spiro atoms. The van der Waals surface area contributed by atoms with Crippen LogP contribution in [0.3, 0.4) is 0 Å². The molecule has 1 aliphatic carbocycles. The molecule has 1 aliphatic heterocycles. The van der Waals surface area contributed by atoms with E-state index in [1.165, 1.54) is 11.3 Å². The second kappa shape index (κ2) is 5.84. The van der Waals surface area contributed by atoms with Crippen molar-refractivity contribution >= 4 is 0 Å². The Hall–Kier alpha value is -1.68. The number of hydrogen-bond acceptors (Lipinski definition) is 4. The van der Waals surface area contributed by atoms with E-state index in [0.29, 0.717) is 0 Å². The molecule has 1 N–H and O–H groups in total. The molecule has 1 aromatic rings. The zero-order chi connectivity index (χ0) is 15.7. The van der Waals surface area contributed by atoms with Crippen molar-refractivity contribution in [1.29, 1.82) is 0 Å². The van der Waals surface area contributed by atoms with Gasteiger partial charge in [-0.2, -0.15) is 0 Å². The zero-order valence-electron chi connectivity index (χ0n) is 13.6. The Morgan fingerprint density at radius 3 is 2.68 bits per heavy atom. The Kier molecular flexibility index (Phi) is 4.04. The van der Waals surface area contributed by atoms with E-state index in [9.17, 15) is 5.11 Å². The molecule has 4 nitrogen and oxygen atoms in total. The molecule has 1 saturated heterocycles. The van der Waals surface area contributed by atoms with E-state index < -0.39 is 0 Å². The highest BCUT2D eigenvalue weighted by atomic mass is 16.5. The number of benzene rings is 1. The van der Waals surface area contributed by atoms with Crippen LogP contribution < -0.4 is 9.47 Å². The van der Waals surface area contributed by atoms with Gasteiger partial charge in [0.25, 0.3) is 0 Å². The predicted molar refractivity (Wildman–Crippen MR) is 86.4 cm³/mol. The van der Waals surface area contributed by atoms with Crippen molar-refractivity contribution < 1.29 is 14.6 Å². The van der Waals surface area contributed by atoms with Crippen molar-refractivity contribution in [3.05, 3.63) is 35.5 Å². The molecule has 0 aromatic heterocycles. The normalized spacial score (nSPS) is 27.4. The number of allylic oxidation sites excluding steroid dienone is 1. The van der Waals surface area contributed by atoms with Gasteiger partial charge in [-0.1, -0.05) is 6.07 Å². The summed E-state index contributed by atoms with van der Waals surface area (Å²) in [6.45, 7) is 4.20. The number of rotatable bonds is 4. The smallest absolute Gasteiger partial charge is 0.161 e. The van der Waals surface area contributed by atoms with Crippen LogP contribution in [0.15, 0.2) is 30.0 Å². The van der Waals surface area contributed by atoms with Gasteiger partial charge in [0.05, 0.1) is 20.3 Å². The van der Waals surface area contributed by atoms with Crippen molar-refractivity contribution in [2.75, 3.05) is 27.3 Å². The summed E-state index contributed by atoms with van der Waals surface area (Å²) in [6.07, 6.45) is 4.61. The van der Waals surface area contributed by atoms with Crippen LogP contribution in [0.4, 0.5) is 0 Å². The standard InChI is InChI=1S/C18H25NO3/c1-4-19-10-9-18(8-7-14(20)12-17(18)19)13-5-6-15(21-2)16(11-13)22-3/h5-6,11-12,14,20H,4,7-10H2,1-3H3/t14-,18+/m1/s1. The third kappa shape index (κ3) is 2.26. The third-order valence-electron chi connectivity index (χ3n) is 5.17. The molecule has 1 heterocycles. The van der Waals surface area contributed by atoms with Crippen LogP contribution in [-0.4, -0.2) is 43.4 Å². The number of aliphatic hydroxyl groups excluding tert-OH is 1. The summed E-state index contributed by atoms with van der Waals surface area (Å²) in [5.41, 5.74) is 2.55. The Morgan fingerprint density at radius 2 is 2.00 bits per heavy atom. The lowest BCUT2D eigenvalue weighted by Crippen LogP contribution is -2.34. The maximum absolute atomic E-state index is 10.1. The zero-order valence-corrected chi connectivity index (χ0v) is 13.6.